The van der Waals surface area contributed by atoms with Gasteiger partial charge in [0.25, 0.3) is 0 Å². The van der Waals surface area contributed by atoms with Gasteiger partial charge in [-0.15, -0.1) is 0 Å². The Kier molecular flexibility index (Phi) is 3.40. The Balaban J connectivity index is 2.37. The van der Waals surface area contributed by atoms with E-state index < -0.39 is 6.10 Å². The largest absolute Gasteiger partial charge is 0.497 e. The minimum absolute atomic E-state index is 0.668. The molecule has 88 valence electrons. The maximum Gasteiger partial charge on any atom is 0.119 e. The molecule has 0 aliphatic heterocycles. The molecule has 0 radical (unpaired) electrons. The van der Waals surface area contributed by atoms with Crippen LogP contribution in [0.25, 0.3) is 0 Å². The monoisotopic (exact) mass is 229 g/mol. The molecule has 17 heavy (non-hydrogen) atoms. The van der Waals surface area contributed by atoms with Gasteiger partial charge in [-0.2, -0.15) is 0 Å². The molecule has 0 bridgehead atoms. The van der Waals surface area contributed by atoms with Crippen LogP contribution in [0.15, 0.2) is 42.6 Å². The first-order valence-electron chi connectivity index (χ1n) is 5.46. The maximum absolute atomic E-state index is 10.3. The van der Waals surface area contributed by atoms with Gasteiger partial charge in [0.2, 0.25) is 0 Å². The van der Waals surface area contributed by atoms with Gasteiger partial charge in [-0.1, -0.05) is 18.2 Å². The molecule has 0 spiro atoms. The van der Waals surface area contributed by atoms with E-state index in [1.54, 1.807) is 13.3 Å². The molecule has 1 heterocycles. The Morgan fingerprint density at radius 1 is 1.24 bits per heavy atom. The lowest BCUT2D eigenvalue weighted by molar-refractivity contribution is 0.218. The number of benzene rings is 1. The Morgan fingerprint density at radius 3 is 2.76 bits per heavy atom. The van der Waals surface area contributed by atoms with E-state index in [4.69, 9.17) is 4.74 Å². The van der Waals surface area contributed by atoms with Crippen molar-refractivity contribution in [2.45, 2.75) is 13.0 Å². The summed E-state index contributed by atoms with van der Waals surface area (Å²) < 4.78 is 5.14. The van der Waals surface area contributed by atoms with Crippen LogP contribution in [0.1, 0.15) is 22.9 Å². The Labute approximate surface area is 101 Å². The van der Waals surface area contributed by atoms with Crippen LogP contribution in [0, 0.1) is 6.92 Å². The minimum Gasteiger partial charge on any atom is -0.497 e. The van der Waals surface area contributed by atoms with Gasteiger partial charge in [0.15, 0.2) is 0 Å². The van der Waals surface area contributed by atoms with Gasteiger partial charge in [0, 0.05) is 17.5 Å². The highest BCUT2D eigenvalue weighted by Gasteiger charge is 2.13. The lowest BCUT2D eigenvalue weighted by Gasteiger charge is -2.14. The van der Waals surface area contributed by atoms with Gasteiger partial charge >= 0.3 is 0 Å². The van der Waals surface area contributed by atoms with E-state index in [0.29, 0.717) is 0 Å². The number of methoxy groups -OCH3 is 1. The van der Waals surface area contributed by atoms with Crippen molar-refractivity contribution in [2.75, 3.05) is 7.11 Å². The van der Waals surface area contributed by atoms with Crippen molar-refractivity contribution in [1.82, 2.24) is 4.98 Å². The molecular formula is C14H15NO2. The number of ether oxygens (including phenoxy) is 1. The van der Waals surface area contributed by atoms with Crippen LogP contribution in [0.4, 0.5) is 0 Å². The number of aromatic nitrogens is 1. The molecule has 0 saturated carbocycles. The van der Waals surface area contributed by atoms with Crippen LogP contribution >= 0.6 is 0 Å². The number of aliphatic hydroxyl groups is 1. The van der Waals surface area contributed by atoms with Gasteiger partial charge in [0.05, 0.1) is 7.11 Å². The van der Waals surface area contributed by atoms with Crippen molar-refractivity contribution in [3.05, 3.63) is 59.4 Å². The van der Waals surface area contributed by atoms with Crippen molar-refractivity contribution in [3.8, 4) is 5.75 Å². The Bertz CT molecular complexity index is 511. The molecule has 0 amide bonds. The van der Waals surface area contributed by atoms with E-state index in [0.717, 1.165) is 22.6 Å². The van der Waals surface area contributed by atoms with Crippen LogP contribution < -0.4 is 4.74 Å². The SMILES string of the molecule is COc1cccc(C(O)c2cccnc2C)c1. The number of nitrogens with zero attached hydrogens (tertiary/aromatic N) is 1. The molecule has 0 aliphatic rings. The highest BCUT2D eigenvalue weighted by Crippen LogP contribution is 2.26. The fraction of sp³-hybridized carbons (Fsp3) is 0.214. The molecule has 2 aromatic rings. The predicted octanol–water partition coefficient (Wildman–Crippen LogP) is 2.48. The van der Waals surface area contributed by atoms with Crippen molar-refractivity contribution in [2.24, 2.45) is 0 Å². The molecule has 3 nitrogen and oxygen atoms in total. The smallest absolute Gasteiger partial charge is 0.119 e. The van der Waals surface area contributed by atoms with Gasteiger partial charge < -0.3 is 9.84 Å². The third kappa shape index (κ3) is 2.45. The van der Waals surface area contributed by atoms with E-state index in [2.05, 4.69) is 4.98 Å². The number of pyridine rings is 1. The molecule has 1 atom stereocenters. The van der Waals surface area contributed by atoms with Gasteiger partial charge in [-0.25, -0.2) is 0 Å². The van der Waals surface area contributed by atoms with Crippen molar-refractivity contribution in [1.29, 1.82) is 0 Å². The average Bonchev–Trinajstić information content (AvgIpc) is 2.38. The first-order chi connectivity index (χ1) is 8.22. The first-order valence-corrected chi connectivity index (χ1v) is 5.46. The van der Waals surface area contributed by atoms with Crippen LogP contribution in [-0.2, 0) is 0 Å². The molecule has 0 fully saturated rings. The van der Waals surface area contributed by atoms with E-state index in [1.807, 2.05) is 43.3 Å². The number of rotatable bonds is 3. The predicted molar refractivity (Wildman–Crippen MR) is 66.0 cm³/mol. The highest BCUT2D eigenvalue weighted by atomic mass is 16.5. The topological polar surface area (TPSA) is 42.4 Å². The summed E-state index contributed by atoms with van der Waals surface area (Å²) in [6.45, 7) is 1.89. The number of hydrogen-bond acceptors (Lipinski definition) is 3. The zero-order valence-corrected chi connectivity index (χ0v) is 9.92. The molecular weight excluding hydrogens is 214 g/mol. The summed E-state index contributed by atoms with van der Waals surface area (Å²) in [5, 5.41) is 10.3. The van der Waals surface area contributed by atoms with Gasteiger partial charge in [0.1, 0.15) is 11.9 Å². The quantitative estimate of drug-likeness (QED) is 0.879. The number of aliphatic hydroxyl groups excluding tert-OH is 1. The summed E-state index contributed by atoms with van der Waals surface area (Å²) in [5.74, 6) is 0.739. The van der Waals surface area contributed by atoms with Gasteiger partial charge in [-0.3, -0.25) is 4.98 Å². The third-order valence-electron chi connectivity index (χ3n) is 2.75. The lowest BCUT2D eigenvalue weighted by Crippen LogP contribution is -2.03. The van der Waals surface area contributed by atoms with E-state index in [-0.39, 0.29) is 0 Å². The summed E-state index contributed by atoms with van der Waals surface area (Å²) in [7, 11) is 1.61. The highest BCUT2D eigenvalue weighted by molar-refractivity contribution is 5.36. The van der Waals surface area contributed by atoms with Crippen molar-refractivity contribution in [3.63, 3.8) is 0 Å². The van der Waals surface area contributed by atoms with Crippen LogP contribution in [-0.4, -0.2) is 17.2 Å². The summed E-state index contributed by atoms with van der Waals surface area (Å²) in [4.78, 5) is 4.18. The Hall–Kier alpha value is -1.87. The maximum atomic E-state index is 10.3. The zero-order chi connectivity index (χ0) is 12.3. The second-order valence-electron chi connectivity index (χ2n) is 3.86. The average molecular weight is 229 g/mol. The number of hydrogen-bond donors (Lipinski definition) is 1. The fourth-order valence-corrected chi connectivity index (χ4v) is 1.78. The molecule has 0 saturated heterocycles. The second kappa shape index (κ2) is 4.97. The molecule has 1 N–H and O–H groups in total. The second-order valence-corrected chi connectivity index (χ2v) is 3.86. The molecule has 0 aliphatic carbocycles. The number of aryl methyl sites for hydroxylation is 1. The van der Waals surface area contributed by atoms with Crippen LogP contribution in [0.2, 0.25) is 0 Å². The lowest BCUT2D eigenvalue weighted by atomic mass is 10.0. The Morgan fingerprint density at radius 2 is 2.06 bits per heavy atom. The zero-order valence-electron chi connectivity index (χ0n) is 9.92. The summed E-state index contributed by atoms with van der Waals surface area (Å²) in [6, 6.07) is 11.1. The molecule has 3 heteroatoms. The van der Waals surface area contributed by atoms with Crippen molar-refractivity contribution >= 4 is 0 Å². The fourth-order valence-electron chi connectivity index (χ4n) is 1.78. The summed E-state index contributed by atoms with van der Waals surface area (Å²) >= 11 is 0. The van der Waals surface area contributed by atoms with Gasteiger partial charge in [-0.05, 0) is 30.7 Å². The van der Waals surface area contributed by atoms with Crippen LogP contribution in [0.3, 0.4) is 0 Å². The molecule has 2 rings (SSSR count). The molecule has 1 aromatic heterocycles. The third-order valence-corrected chi connectivity index (χ3v) is 2.75. The summed E-state index contributed by atoms with van der Waals surface area (Å²) in [6.07, 6.45) is 1.05. The summed E-state index contributed by atoms with van der Waals surface area (Å²) in [5.41, 5.74) is 2.46. The first kappa shape index (κ1) is 11.6. The van der Waals surface area contributed by atoms with E-state index in [1.165, 1.54) is 0 Å². The van der Waals surface area contributed by atoms with Crippen LogP contribution in [0.5, 0.6) is 5.75 Å². The minimum atomic E-state index is -0.668. The normalized spacial score (nSPS) is 12.2. The molecule has 1 unspecified atom stereocenters. The standard InChI is InChI=1S/C14H15NO2/c1-10-13(7-4-8-15-10)14(16)11-5-3-6-12(9-11)17-2/h3-9,14,16H,1-2H3. The molecule has 1 aromatic carbocycles. The van der Waals surface area contributed by atoms with E-state index in [9.17, 15) is 5.11 Å². The van der Waals surface area contributed by atoms with E-state index >= 15 is 0 Å². The van der Waals surface area contributed by atoms with Crippen molar-refractivity contribution < 1.29 is 9.84 Å².